The first kappa shape index (κ1) is 19.0. The van der Waals surface area contributed by atoms with Crippen LogP contribution in [0.3, 0.4) is 0 Å². The highest BCUT2D eigenvalue weighted by atomic mass is 32.2. The minimum absolute atomic E-state index is 0.108. The topological polar surface area (TPSA) is 102 Å². The zero-order valence-electron chi connectivity index (χ0n) is 15.2. The van der Waals surface area contributed by atoms with E-state index >= 15 is 0 Å². The number of rotatable bonds is 4. The minimum Gasteiger partial charge on any atom is -0.490 e. The van der Waals surface area contributed by atoms with Crippen molar-refractivity contribution in [2.24, 2.45) is 0 Å². The molecule has 2 heterocycles. The van der Waals surface area contributed by atoms with E-state index in [1.165, 1.54) is 41.7 Å². The average molecular weight is 425 g/mol. The number of fused-ring (bicyclic) bond motifs is 2. The molecule has 4 rings (SSSR count). The maximum Gasteiger partial charge on any atom is 0.264 e. The molecule has 2 aliphatic heterocycles. The van der Waals surface area contributed by atoms with Gasteiger partial charge in [-0.25, -0.2) is 21.6 Å². The highest BCUT2D eigenvalue weighted by molar-refractivity contribution is 7.92. The number of nitrogens with one attached hydrogen (secondary N) is 1. The Morgan fingerprint density at radius 2 is 1.64 bits per heavy atom. The minimum atomic E-state index is -3.82. The molecule has 0 amide bonds. The molecule has 10 heteroatoms. The first-order chi connectivity index (χ1) is 13.3. The molecule has 0 atom stereocenters. The van der Waals surface area contributed by atoms with Gasteiger partial charge in [0.05, 0.1) is 28.7 Å². The summed E-state index contributed by atoms with van der Waals surface area (Å²) in [5.74, 6) is 0.939. The first-order valence-electron chi connectivity index (χ1n) is 8.82. The van der Waals surface area contributed by atoms with Crippen LogP contribution in [0, 0.1) is 0 Å². The lowest BCUT2D eigenvalue weighted by Gasteiger charge is -2.20. The smallest absolute Gasteiger partial charge is 0.264 e. The van der Waals surface area contributed by atoms with Crippen LogP contribution in [-0.4, -0.2) is 43.6 Å². The number of nitrogens with zero attached hydrogens (tertiary/aromatic N) is 1. The van der Waals surface area contributed by atoms with Gasteiger partial charge in [-0.2, -0.15) is 0 Å². The summed E-state index contributed by atoms with van der Waals surface area (Å²) < 4.78 is 65.1. The number of anilines is 1. The Kier molecular flexibility index (Phi) is 4.72. The van der Waals surface area contributed by atoms with Crippen LogP contribution < -0.4 is 18.5 Å². The Labute approximate surface area is 164 Å². The quantitative estimate of drug-likeness (QED) is 0.798. The van der Waals surface area contributed by atoms with Gasteiger partial charge < -0.3 is 9.47 Å². The van der Waals surface area contributed by atoms with Crippen LogP contribution >= 0.6 is 0 Å². The molecule has 150 valence electrons. The molecule has 0 aliphatic carbocycles. The molecule has 0 bridgehead atoms. The molecule has 0 aromatic heterocycles. The van der Waals surface area contributed by atoms with Crippen LogP contribution in [0.5, 0.6) is 11.5 Å². The largest absolute Gasteiger partial charge is 0.490 e. The SMILES string of the molecule is CNS(=O)(=O)c1ccc2c(c1)CCN2S(=O)(=O)c1ccc2c(c1)OCCCO2. The second-order valence-corrected chi connectivity index (χ2v) is 10.2. The number of hydrogen-bond acceptors (Lipinski definition) is 6. The van der Waals surface area contributed by atoms with Crippen molar-refractivity contribution in [3.63, 3.8) is 0 Å². The van der Waals surface area contributed by atoms with Gasteiger partial charge in [0.1, 0.15) is 0 Å². The van der Waals surface area contributed by atoms with Crippen LogP contribution in [0.4, 0.5) is 5.69 Å². The summed E-state index contributed by atoms with van der Waals surface area (Å²) in [5.41, 5.74) is 1.16. The predicted molar refractivity (Wildman–Crippen MR) is 103 cm³/mol. The van der Waals surface area contributed by atoms with Gasteiger partial charge >= 0.3 is 0 Å². The van der Waals surface area contributed by atoms with E-state index < -0.39 is 20.0 Å². The van der Waals surface area contributed by atoms with Gasteiger partial charge in [-0.05, 0) is 49.4 Å². The van der Waals surface area contributed by atoms with Crippen molar-refractivity contribution >= 4 is 25.7 Å². The van der Waals surface area contributed by atoms with Crippen molar-refractivity contribution in [2.75, 3.05) is 31.1 Å². The van der Waals surface area contributed by atoms with Gasteiger partial charge in [0.25, 0.3) is 10.0 Å². The van der Waals surface area contributed by atoms with Crippen LogP contribution in [-0.2, 0) is 26.5 Å². The molecular formula is C18H20N2O6S2. The Morgan fingerprint density at radius 3 is 2.39 bits per heavy atom. The third-order valence-electron chi connectivity index (χ3n) is 4.79. The molecule has 0 saturated heterocycles. The zero-order valence-corrected chi connectivity index (χ0v) is 16.8. The molecule has 8 nitrogen and oxygen atoms in total. The summed E-state index contributed by atoms with van der Waals surface area (Å²) in [5, 5.41) is 0. The Morgan fingerprint density at radius 1 is 0.929 bits per heavy atom. The molecule has 1 N–H and O–H groups in total. The van der Waals surface area contributed by atoms with E-state index in [9.17, 15) is 16.8 Å². The molecule has 0 radical (unpaired) electrons. The normalized spacial score (nSPS) is 16.5. The summed E-state index contributed by atoms with van der Waals surface area (Å²) in [4.78, 5) is 0.222. The predicted octanol–water partition coefficient (Wildman–Crippen LogP) is 1.51. The Bertz CT molecular complexity index is 1130. The standard InChI is InChI=1S/C18H20N2O6S2/c1-19-27(21,22)14-3-5-16-13(11-14)7-8-20(16)28(23,24)15-4-6-17-18(12-15)26-10-2-9-25-17/h3-6,11-12,19H,2,7-10H2,1H3. The highest BCUT2D eigenvalue weighted by Gasteiger charge is 2.32. The van der Waals surface area contributed by atoms with Crippen molar-refractivity contribution in [1.82, 2.24) is 4.72 Å². The lowest BCUT2D eigenvalue weighted by molar-refractivity contribution is 0.297. The maximum absolute atomic E-state index is 13.2. The van der Waals surface area contributed by atoms with Gasteiger partial charge in [0, 0.05) is 19.0 Å². The second kappa shape index (κ2) is 6.94. The van der Waals surface area contributed by atoms with Crippen LogP contribution in [0.15, 0.2) is 46.2 Å². The van der Waals surface area contributed by atoms with Crippen molar-refractivity contribution in [2.45, 2.75) is 22.6 Å². The number of ether oxygens (including phenoxy) is 2. The van der Waals surface area contributed by atoms with Gasteiger partial charge in [-0.15, -0.1) is 0 Å². The first-order valence-corrected chi connectivity index (χ1v) is 11.7. The third kappa shape index (κ3) is 3.21. The van der Waals surface area contributed by atoms with Crippen molar-refractivity contribution in [3.05, 3.63) is 42.0 Å². The molecule has 2 aliphatic rings. The fourth-order valence-corrected chi connectivity index (χ4v) is 5.61. The molecule has 0 unspecified atom stereocenters. The fraction of sp³-hybridized carbons (Fsp3) is 0.333. The van der Waals surface area contributed by atoms with Crippen molar-refractivity contribution in [1.29, 1.82) is 0 Å². The van der Waals surface area contributed by atoms with Crippen LogP contribution in [0.1, 0.15) is 12.0 Å². The average Bonchev–Trinajstić information content (AvgIpc) is 2.98. The van der Waals surface area contributed by atoms with Crippen molar-refractivity contribution in [3.8, 4) is 11.5 Å². The van der Waals surface area contributed by atoms with E-state index in [4.69, 9.17) is 9.47 Å². The van der Waals surface area contributed by atoms with Gasteiger partial charge in [0.15, 0.2) is 11.5 Å². The van der Waals surface area contributed by atoms with Crippen molar-refractivity contribution < 1.29 is 26.3 Å². The van der Waals surface area contributed by atoms with E-state index in [2.05, 4.69) is 4.72 Å². The van der Waals surface area contributed by atoms with Gasteiger partial charge in [-0.3, -0.25) is 4.31 Å². The number of hydrogen-bond donors (Lipinski definition) is 1. The summed E-state index contributed by atoms with van der Waals surface area (Å²) in [6, 6.07) is 9.05. The summed E-state index contributed by atoms with van der Waals surface area (Å²) in [6.07, 6.45) is 1.17. The Balaban J connectivity index is 1.70. The summed E-state index contributed by atoms with van der Waals surface area (Å²) in [7, 11) is -6.07. The van der Waals surface area contributed by atoms with Gasteiger partial charge in [0.2, 0.25) is 10.0 Å². The van der Waals surface area contributed by atoms with Crippen LogP contribution in [0.2, 0.25) is 0 Å². The zero-order chi connectivity index (χ0) is 19.9. The van der Waals surface area contributed by atoms with E-state index in [1.54, 1.807) is 6.07 Å². The lowest BCUT2D eigenvalue weighted by Crippen LogP contribution is -2.29. The van der Waals surface area contributed by atoms with E-state index in [-0.39, 0.29) is 16.3 Å². The number of benzene rings is 2. The molecule has 0 fully saturated rings. The monoisotopic (exact) mass is 424 g/mol. The summed E-state index contributed by atoms with van der Waals surface area (Å²) >= 11 is 0. The van der Waals surface area contributed by atoms with Crippen LogP contribution in [0.25, 0.3) is 0 Å². The van der Waals surface area contributed by atoms with Gasteiger partial charge in [-0.1, -0.05) is 0 Å². The number of sulfonamides is 2. The summed E-state index contributed by atoms with van der Waals surface area (Å²) in [6.45, 7) is 1.23. The lowest BCUT2D eigenvalue weighted by atomic mass is 10.2. The molecular weight excluding hydrogens is 404 g/mol. The second-order valence-electron chi connectivity index (χ2n) is 6.48. The molecule has 28 heavy (non-hydrogen) atoms. The fourth-order valence-electron chi connectivity index (χ4n) is 3.31. The third-order valence-corrected chi connectivity index (χ3v) is 8.01. The maximum atomic E-state index is 13.2. The molecule has 0 saturated carbocycles. The van der Waals surface area contributed by atoms with E-state index in [0.29, 0.717) is 42.4 Å². The molecule has 2 aromatic carbocycles. The van der Waals surface area contributed by atoms with E-state index in [1.807, 2.05) is 0 Å². The molecule has 2 aromatic rings. The molecule has 0 spiro atoms. The highest BCUT2D eigenvalue weighted by Crippen LogP contribution is 2.37. The van der Waals surface area contributed by atoms with E-state index in [0.717, 1.165) is 6.42 Å². The Hall–Kier alpha value is -2.30.